The molecule has 0 saturated carbocycles. The molecular weight excluding hydrogens is 284 g/mol. The fraction of sp³-hybridized carbons (Fsp3) is 0.400. The number of benzene rings is 1. The van der Waals surface area contributed by atoms with E-state index in [4.69, 9.17) is 4.74 Å². The van der Waals surface area contributed by atoms with Crippen molar-refractivity contribution in [3.63, 3.8) is 0 Å². The summed E-state index contributed by atoms with van der Waals surface area (Å²) < 4.78 is 19.0. The van der Waals surface area contributed by atoms with Crippen molar-refractivity contribution in [2.24, 2.45) is 0 Å². The predicted molar refractivity (Wildman–Crippen MR) is 62.9 cm³/mol. The fourth-order valence-electron chi connectivity index (χ4n) is 1.55. The van der Waals surface area contributed by atoms with Crippen molar-refractivity contribution in [1.29, 1.82) is 0 Å². The molecular formula is C10H12BrClFNO. The summed E-state index contributed by atoms with van der Waals surface area (Å²) in [6.45, 7) is 2.23. The summed E-state index contributed by atoms with van der Waals surface area (Å²) in [6, 6.07) is 4.90. The van der Waals surface area contributed by atoms with Crippen LogP contribution in [0.2, 0.25) is 0 Å². The van der Waals surface area contributed by atoms with E-state index in [-0.39, 0.29) is 24.3 Å². The molecule has 1 heterocycles. The first-order valence-electron chi connectivity index (χ1n) is 4.53. The largest absolute Gasteiger partial charge is 0.378 e. The number of hydrogen-bond acceptors (Lipinski definition) is 2. The van der Waals surface area contributed by atoms with E-state index in [1.54, 1.807) is 6.07 Å². The Hall–Kier alpha value is -0.160. The SMILES string of the molecule is Cl.Fc1ccc([C@@H]2COCCN2)c(Br)c1. The van der Waals surface area contributed by atoms with Crippen LogP contribution in [0.1, 0.15) is 11.6 Å². The van der Waals surface area contributed by atoms with E-state index < -0.39 is 0 Å². The van der Waals surface area contributed by atoms with E-state index in [9.17, 15) is 4.39 Å². The van der Waals surface area contributed by atoms with E-state index in [0.717, 1.165) is 23.2 Å². The van der Waals surface area contributed by atoms with Crippen molar-refractivity contribution in [2.75, 3.05) is 19.8 Å². The van der Waals surface area contributed by atoms with Gasteiger partial charge in [-0.1, -0.05) is 22.0 Å². The lowest BCUT2D eigenvalue weighted by atomic mass is 10.1. The van der Waals surface area contributed by atoms with Gasteiger partial charge in [0.05, 0.1) is 19.3 Å². The molecule has 15 heavy (non-hydrogen) atoms. The highest BCUT2D eigenvalue weighted by molar-refractivity contribution is 9.10. The van der Waals surface area contributed by atoms with Gasteiger partial charge in [0.1, 0.15) is 5.82 Å². The number of ether oxygens (including phenoxy) is 1. The minimum atomic E-state index is -0.225. The van der Waals surface area contributed by atoms with Gasteiger partial charge in [0.2, 0.25) is 0 Å². The Bertz CT molecular complexity index is 331. The molecule has 0 bridgehead atoms. The van der Waals surface area contributed by atoms with Crippen LogP contribution in [-0.2, 0) is 4.74 Å². The average molecular weight is 297 g/mol. The molecule has 2 nitrogen and oxygen atoms in total. The summed E-state index contributed by atoms with van der Waals surface area (Å²) in [6.07, 6.45) is 0. The minimum absolute atomic E-state index is 0. The molecule has 1 aliphatic rings. The molecule has 1 atom stereocenters. The topological polar surface area (TPSA) is 21.3 Å². The van der Waals surface area contributed by atoms with Crippen LogP contribution in [0, 0.1) is 5.82 Å². The van der Waals surface area contributed by atoms with Gasteiger partial charge in [0.15, 0.2) is 0 Å². The smallest absolute Gasteiger partial charge is 0.124 e. The Kier molecular flexibility index (Phi) is 4.99. The van der Waals surface area contributed by atoms with Crippen molar-refractivity contribution in [3.8, 4) is 0 Å². The summed E-state index contributed by atoms with van der Waals surface area (Å²) in [5.74, 6) is -0.225. The van der Waals surface area contributed by atoms with E-state index in [2.05, 4.69) is 21.2 Å². The Morgan fingerprint density at radius 1 is 1.47 bits per heavy atom. The summed E-state index contributed by atoms with van der Waals surface area (Å²) in [4.78, 5) is 0. The second kappa shape index (κ2) is 5.80. The summed E-state index contributed by atoms with van der Waals surface area (Å²) in [5, 5.41) is 3.32. The van der Waals surface area contributed by atoms with Crippen LogP contribution in [0.3, 0.4) is 0 Å². The Labute approximate surface area is 103 Å². The molecule has 1 fully saturated rings. The molecule has 0 aliphatic carbocycles. The number of nitrogens with one attached hydrogen (secondary N) is 1. The van der Waals surface area contributed by atoms with Crippen LogP contribution in [0.25, 0.3) is 0 Å². The van der Waals surface area contributed by atoms with E-state index in [1.165, 1.54) is 12.1 Å². The Morgan fingerprint density at radius 2 is 2.27 bits per heavy atom. The van der Waals surface area contributed by atoms with E-state index in [0.29, 0.717) is 6.61 Å². The monoisotopic (exact) mass is 295 g/mol. The van der Waals surface area contributed by atoms with Gasteiger partial charge in [0, 0.05) is 11.0 Å². The van der Waals surface area contributed by atoms with Gasteiger partial charge in [-0.3, -0.25) is 0 Å². The zero-order chi connectivity index (χ0) is 9.97. The van der Waals surface area contributed by atoms with Crippen LogP contribution < -0.4 is 5.32 Å². The van der Waals surface area contributed by atoms with Crippen LogP contribution in [0.15, 0.2) is 22.7 Å². The molecule has 0 aromatic heterocycles. The minimum Gasteiger partial charge on any atom is -0.378 e. The van der Waals surface area contributed by atoms with E-state index in [1.807, 2.05) is 0 Å². The third kappa shape index (κ3) is 3.14. The Balaban J connectivity index is 0.00000112. The number of morpholine rings is 1. The first kappa shape index (κ1) is 12.9. The molecule has 0 spiro atoms. The highest BCUT2D eigenvalue weighted by Gasteiger charge is 2.17. The van der Waals surface area contributed by atoms with Gasteiger partial charge in [-0.15, -0.1) is 12.4 Å². The molecule has 2 rings (SSSR count). The molecule has 1 aromatic carbocycles. The zero-order valence-corrected chi connectivity index (χ0v) is 10.4. The van der Waals surface area contributed by atoms with Crippen molar-refractivity contribution in [3.05, 3.63) is 34.1 Å². The van der Waals surface area contributed by atoms with Crippen LogP contribution in [-0.4, -0.2) is 19.8 Å². The predicted octanol–water partition coefficient (Wildman–Crippen LogP) is 2.67. The number of halogens is 3. The number of rotatable bonds is 1. The second-order valence-corrected chi connectivity index (χ2v) is 4.10. The first-order valence-corrected chi connectivity index (χ1v) is 5.33. The first-order chi connectivity index (χ1) is 6.77. The Morgan fingerprint density at radius 3 is 2.87 bits per heavy atom. The molecule has 84 valence electrons. The van der Waals surface area contributed by atoms with Crippen LogP contribution in [0.5, 0.6) is 0 Å². The fourth-order valence-corrected chi connectivity index (χ4v) is 2.18. The van der Waals surface area contributed by atoms with Crippen molar-refractivity contribution >= 4 is 28.3 Å². The average Bonchev–Trinajstić information content (AvgIpc) is 2.19. The standard InChI is InChI=1S/C10H11BrFNO.ClH/c11-9-5-7(12)1-2-8(9)10-6-14-4-3-13-10;/h1-2,5,10,13H,3-4,6H2;1H/t10-;/m0./s1. The molecule has 0 radical (unpaired) electrons. The normalized spacial score (nSPS) is 20.8. The second-order valence-electron chi connectivity index (χ2n) is 3.25. The van der Waals surface area contributed by atoms with E-state index >= 15 is 0 Å². The maximum Gasteiger partial charge on any atom is 0.124 e. The lowest BCUT2D eigenvalue weighted by Gasteiger charge is -2.24. The van der Waals surface area contributed by atoms with Gasteiger partial charge in [-0.25, -0.2) is 4.39 Å². The van der Waals surface area contributed by atoms with Crippen molar-refractivity contribution in [1.82, 2.24) is 5.32 Å². The van der Waals surface area contributed by atoms with Gasteiger partial charge in [0.25, 0.3) is 0 Å². The maximum atomic E-state index is 12.8. The van der Waals surface area contributed by atoms with Gasteiger partial charge in [-0.05, 0) is 17.7 Å². The maximum absolute atomic E-state index is 12.8. The summed E-state index contributed by atoms with van der Waals surface area (Å²) >= 11 is 3.35. The zero-order valence-electron chi connectivity index (χ0n) is 8.00. The summed E-state index contributed by atoms with van der Waals surface area (Å²) in [7, 11) is 0. The quantitative estimate of drug-likeness (QED) is 0.860. The van der Waals surface area contributed by atoms with Crippen LogP contribution >= 0.6 is 28.3 Å². The van der Waals surface area contributed by atoms with Gasteiger partial charge < -0.3 is 10.1 Å². The third-order valence-corrected chi connectivity index (χ3v) is 2.95. The molecule has 1 saturated heterocycles. The van der Waals surface area contributed by atoms with Crippen molar-refractivity contribution < 1.29 is 9.13 Å². The molecule has 0 unspecified atom stereocenters. The molecule has 1 aromatic rings. The highest BCUT2D eigenvalue weighted by Crippen LogP contribution is 2.25. The highest BCUT2D eigenvalue weighted by atomic mass is 79.9. The molecule has 0 amide bonds. The third-order valence-electron chi connectivity index (χ3n) is 2.26. The van der Waals surface area contributed by atoms with Crippen molar-refractivity contribution in [2.45, 2.75) is 6.04 Å². The summed E-state index contributed by atoms with van der Waals surface area (Å²) in [5.41, 5.74) is 1.05. The molecule has 1 N–H and O–H groups in total. The molecule has 5 heteroatoms. The van der Waals surface area contributed by atoms with Crippen LogP contribution in [0.4, 0.5) is 4.39 Å². The van der Waals surface area contributed by atoms with Gasteiger partial charge >= 0.3 is 0 Å². The lowest BCUT2D eigenvalue weighted by molar-refractivity contribution is 0.0766. The molecule has 1 aliphatic heterocycles. The number of hydrogen-bond donors (Lipinski definition) is 1. The van der Waals surface area contributed by atoms with Gasteiger partial charge in [-0.2, -0.15) is 0 Å². The lowest BCUT2D eigenvalue weighted by Crippen LogP contribution is -2.34.